The summed E-state index contributed by atoms with van der Waals surface area (Å²) >= 11 is 8.29. The topological polar surface area (TPSA) is 115 Å². The molecule has 3 atom stereocenters. The van der Waals surface area contributed by atoms with Crippen LogP contribution >= 0.6 is 34.7 Å². The number of aryl methyl sites for hydroxylation is 1. The fourth-order valence-corrected chi connectivity index (χ4v) is 8.38. The van der Waals surface area contributed by atoms with E-state index in [2.05, 4.69) is 5.32 Å². The minimum absolute atomic E-state index is 0.249. The van der Waals surface area contributed by atoms with Crippen molar-refractivity contribution < 1.29 is 23.9 Å². The van der Waals surface area contributed by atoms with Crippen molar-refractivity contribution >= 4 is 69.8 Å². The molecule has 0 spiro atoms. The summed E-state index contributed by atoms with van der Waals surface area (Å²) < 4.78 is 6.35. The molecule has 1 fully saturated rings. The van der Waals surface area contributed by atoms with Gasteiger partial charge in [-0.3, -0.25) is 23.7 Å². The highest BCUT2D eigenvalue weighted by Gasteiger charge is 2.56. The minimum Gasteiger partial charge on any atom is -0.462 e. The molecule has 6 rings (SSSR count). The zero-order chi connectivity index (χ0) is 31.1. The van der Waals surface area contributed by atoms with Crippen LogP contribution in [0.4, 0.5) is 11.4 Å². The first-order chi connectivity index (χ1) is 21.2. The van der Waals surface area contributed by atoms with E-state index in [4.69, 9.17) is 16.3 Å². The molecule has 9 nitrogen and oxygen atoms in total. The molecular formula is C32H26ClN3O6S2. The molecule has 0 saturated carbocycles. The second-order valence-electron chi connectivity index (χ2n) is 10.4. The molecule has 4 aromatic rings. The molecule has 3 amide bonds. The van der Waals surface area contributed by atoms with Gasteiger partial charge in [-0.15, -0.1) is 0 Å². The SMILES string of the molecule is CCOC(=O)c1ccc(NC(=O)Cn2c3c(sc2=O)[C@@H](c2ccc(Cl)cc2)[C@H]2C(=O)N(c4ccc(C)cc4)C(=O)[C@H]2S3)cc1. The van der Waals surface area contributed by atoms with E-state index in [1.54, 1.807) is 67.6 Å². The molecule has 3 aromatic carbocycles. The van der Waals surface area contributed by atoms with Gasteiger partial charge in [-0.25, -0.2) is 9.69 Å². The molecule has 1 saturated heterocycles. The summed E-state index contributed by atoms with van der Waals surface area (Å²) in [7, 11) is 0. The monoisotopic (exact) mass is 647 g/mol. The summed E-state index contributed by atoms with van der Waals surface area (Å²) in [6, 6.07) is 20.5. The standard InChI is InChI=1S/C32H26ClN3O6S2/c1-3-42-31(40)19-8-12-21(13-9-19)34-23(37)16-35-30-27(44-32(35)41)24(18-6-10-20(33)11-7-18)25-26(43-30)29(39)36(28(25)38)22-14-4-17(2)5-15-22/h4-15,24-26H,3,16H2,1-2H3,(H,34,37)/t24-,25+,26-/m0/s1. The summed E-state index contributed by atoms with van der Waals surface area (Å²) in [5.41, 5.74) is 3.03. The number of imide groups is 1. The third-order valence-corrected chi connectivity index (χ3v) is 10.4. The maximum Gasteiger partial charge on any atom is 0.338 e. The number of nitrogens with one attached hydrogen (secondary N) is 1. The fourth-order valence-electron chi connectivity index (χ4n) is 5.48. The number of anilines is 2. The van der Waals surface area contributed by atoms with Gasteiger partial charge in [0.05, 0.1) is 28.8 Å². The number of thioether (sulfide) groups is 1. The van der Waals surface area contributed by atoms with Gasteiger partial charge in [0.1, 0.15) is 11.8 Å². The van der Waals surface area contributed by atoms with Crippen LogP contribution < -0.4 is 15.1 Å². The van der Waals surface area contributed by atoms with E-state index < -0.39 is 29.0 Å². The summed E-state index contributed by atoms with van der Waals surface area (Å²) in [6.45, 7) is 3.59. The summed E-state index contributed by atoms with van der Waals surface area (Å²) in [5.74, 6) is -2.96. The Morgan fingerprint density at radius 3 is 2.27 bits per heavy atom. The molecule has 1 N–H and O–H groups in total. The Hall–Kier alpha value is -4.19. The number of halogens is 1. The molecule has 224 valence electrons. The number of thiazole rings is 1. The van der Waals surface area contributed by atoms with Crippen LogP contribution in [-0.2, 0) is 25.7 Å². The molecule has 2 aliphatic rings. The molecule has 0 unspecified atom stereocenters. The van der Waals surface area contributed by atoms with E-state index in [1.807, 2.05) is 19.1 Å². The quantitative estimate of drug-likeness (QED) is 0.209. The predicted molar refractivity (Wildman–Crippen MR) is 170 cm³/mol. The van der Waals surface area contributed by atoms with Gasteiger partial charge in [0, 0.05) is 21.5 Å². The van der Waals surface area contributed by atoms with E-state index in [9.17, 15) is 24.0 Å². The van der Waals surface area contributed by atoms with E-state index in [0.717, 1.165) is 34.2 Å². The zero-order valence-corrected chi connectivity index (χ0v) is 26.0. The number of ether oxygens (including phenoxy) is 1. The Morgan fingerprint density at radius 1 is 0.932 bits per heavy atom. The largest absolute Gasteiger partial charge is 0.462 e. The summed E-state index contributed by atoms with van der Waals surface area (Å²) in [6.07, 6.45) is 0. The fraction of sp³-hybridized carbons (Fsp3) is 0.219. The molecular weight excluding hydrogens is 622 g/mol. The van der Waals surface area contributed by atoms with Crippen molar-refractivity contribution in [3.05, 3.63) is 109 Å². The Morgan fingerprint density at radius 2 is 1.61 bits per heavy atom. The van der Waals surface area contributed by atoms with Crippen molar-refractivity contribution in [3.63, 3.8) is 0 Å². The number of hydrogen-bond donors (Lipinski definition) is 1. The van der Waals surface area contributed by atoms with Gasteiger partial charge in [-0.1, -0.05) is 64.5 Å². The minimum atomic E-state index is -0.796. The molecule has 0 radical (unpaired) electrons. The number of carbonyl (C=O) groups is 4. The van der Waals surface area contributed by atoms with Crippen LogP contribution in [0.1, 0.15) is 39.2 Å². The molecule has 1 aromatic heterocycles. The van der Waals surface area contributed by atoms with Gasteiger partial charge in [0.25, 0.3) is 0 Å². The lowest BCUT2D eigenvalue weighted by Crippen LogP contribution is -2.33. The highest BCUT2D eigenvalue weighted by Crippen LogP contribution is 2.54. The van der Waals surface area contributed by atoms with Gasteiger partial charge in [-0.05, 0) is 67.9 Å². The summed E-state index contributed by atoms with van der Waals surface area (Å²) in [5, 5.41) is 2.97. The first kappa shape index (κ1) is 29.9. The van der Waals surface area contributed by atoms with E-state index in [0.29, 0.717) is 31.9 Å². The van der Waals surface area contributed by atoms with Crippen LogP contribution in [0.3, 0.4) is 0 Å². The second kappa shape index (κ2) is 12.1. The number of esters is 1. The first-order valence-electron chi connectivity index (χ1n) is 13.8. The van der Waals surface area contributed by atoms with Crippen molar-refractivity contribution in [2.45, 2.75) is 36.6 Å². The third kappa shape index (κ3) is 5.47. The molecule has 0 aliphatic carbocycles. The Labute approximate surface area is 265 Å². The van der Waals surface area contributed by atoms with Crippen LogP contribution in [0.15, 0.2) is 82.6 Å². The normalized spacial score (nSPS) is 19.0. The lowest BCUT2D eigenvalue weighted by Gasteiger charge is -2.30. The molecule has 0 bridgehead atoms. The van der Waals surface area contributed by atoms with Crippen LogP contribution in [0.2, 0.25) is 5.02 Å². The van der Waals surface area contributed by atoms with Crippen molar-refractivity contribution in [1.82, 2.24) is 4.57 Å². The predicted octanol–water partition coefficient (Wildman–Crippen LogP) is 5.48. The number of benzene rings is 3. The van der Waals surface area contributed by atoms with Crippen molar-refractivity contribution in [2.75, 3.05) is 16.8 Å². The number of carbonyl (C=O) groups excluding carboxylic acids is 4. The molecule has 2 aliphatic heterocycles. The Balaban J connectivity index is 1.33. The van der Waals surface area contributed by atoms with Gasteiger partial charge in [0.15, 0.2) is 0 Å². The maximum atomic E-state index is 14.0. The maximum absolute atomic E-state index is 14.0. The number of fused-ring (bicyclic) bond motifs is 2. The van der Waals surface area contributed by atoms with Crippen molar-refractivity contribution in [3.8, 4) is 0 Å². The third-order valence-electron chi connectivity index (χ3n) is 7.55. The van der Waals surface area contributed by atoms with Crippen molar-refractivity contribution in [2.24, 2.45) is 5.92 Å². The number of rotatable bonds is 7. The first-order valence-corrected chi connectivity index (χ1v) is 15.9. The van der Waals surface area contributed by atoms with Crippen molar-refractivity contribution in [1.29, 1.82) is 0 Å². The van der Waals surface area contributed by atoms with Gasteiger partial charge >= 0.3 is 10.8 Å². The Bertz CT molecular complexity index is 1830. The van der Waals surface area contributed by atoms with E-state index in [-0.39, 0.29) is 29.8 Å². The van der Waals surface area contributed by atoms with Gasteiger partial charge < -0.3 is 10.1 Å². The number of amides is 3. The lowest BCUT2D eigenvalue weighted by molar-refractivity contribution is -0.122. The van der Waals surface area contributed by atoms with Crippen LogP contribution in [0.5, 0.6) is 0 Å². The number of aromatic nitrogens is 1. The lowest BCUT2D eigenvalue weighted by atomic mass is 9.83. The molecule has 12 heteroatoms. The van der Waals surface area contributed by atoms with Crippen LogP contribution in [-0.4, -0.2) is 40.1 Å². The zero-order valence-electron chi connectivity index (χ0n) is 23.6. The number of hydrogen-bond acceptors (Lipinski definition) is 8. The molecule has 44 heavy (non-hydrogen) atoms. The summed E-state index contributed by atoms with van der Waals surface area (Å²) in [4.78, 5) is 67.7. The number of nitrogens with zero attached hydrogens (tertiary/aromatic N) is 2. The Kier molecular flexibility index (Phi) is 8.19. The van der Waals surface area contributed by atoms with Crippen LogP contribution in [0.25, 0.3) is 0 Å². The van der Waals surface area contributed by atoms with Gasteiger partial charge in [0.2, 0.25) is 17.7 Å². The van der Waals surface area contributed by atoms with Gasteiger partial charge in [-0.2, -0.15) is 0 Å². The highest BCUT2D eigenvalue weighted by atomic mass is 35.5. The van der Waals surface area contributed by atoms with E-state index >= 15 is 0 Å². The molecule has 3 heterocycles. The smallest absolute Gasteiger partial charge is 0.338 e. The van der Waals surface area contributed by atoms with Crippen LogP contribution in [0, 0.1) is 12.8 Å². The second-order valence-corrected chi connectivity index (χ2v) is 13.0. The average molecular weight is 648 g/mol. The highest BCUT2D eigenvalue weighted by molar-refractivity contribution is 8.00. The average Bonchev–Trinajstić information content (AvgIpc) is 3.45. The van der Waals surface area contributed by atoms with E-state index in [1.165, 1.54) is 9.47 Å².